The summed E-state index contributed by atoms with van der Waals surface area (Å²) in [5.41, 5.74) is 7.71. The summed E-state index contributed by atoms with van der Waals surface area (Å²) in [5.74, 6) is -0.851. The van der Waals surface area contributed by atoms with E-state index in [4.69, 9.17) is 5.73 Å². The van der Waals surface area contributed by atoms with Crippen molar-refractivity contribution in [2.45, 2.75) is 50.2 Å². The Morgan fingerprint density at radius 2 is 1.59 bits per heavy atom. The molecular weight excluding hydrogens is 518 g/mol. The lowest BCUT2D eigenvalue weighted by molar-refractivity contribution is -0.122. The molecule has 6 N–H and O–H groups in total. The quantitative estimate of drug-likeness (QED) is 0.160. The van der Waals surface area contributed by atoms with Gasteiger partial charge in [0.1, 0.15) is 0 Å². The number of nitrogens with one attached hydrogen (secondary N) is 1. The maximum atomic E-state index is 13.5. The van der Waals surface area contributed by atoms with Crippen molar-refractivity contribution in [1.82, 2.24) is 9.62 Å². The number of rotatable bonds is 13. The fourth-order valence-corrected chi connectivity index (χ4v) is 5.84. The second kappa shape index (κ2) is 13.5. The molecule has 0 fully saturated rings. The molecule has 0 radical (unpaired) electrons. The number of hydrogen-bond donors (Lipinski definition) is 5. The van der Waals surface area contributed by atoms with Crippen molar-refractivity contribution in [3.8, 4) is 11.5 Å². The number of hydrogen-bond acceptors (Lipinski definition) is 7. The van der Waals surface area contributed by atoms with Crippen LogP contribution in [0.15, 0.2) is 77.7 Å². The minimum Gasteiger partial charge on any atom is -0.504 e. The first kappa shape index (κ1) is 29.9. The van der Waals surface area contributed by atoms with E-state index in [-0.39, 0.29) is 47.7 Å². The van der Waals surface area contributed by atoms with Crippen molar-refractivity contribution in [2.75, 3.05) is 18.8 Å². The van der Waals surface area contributed by atoms with Gasteiger partial charge < -0.3 is 26.4 Å². The molecule has 39 heavy (non-hydrogen) atoms. The van der Waals surface area contributed by atoms with Gasteiger partial charge in [0, 0.05) is 25.2 Å². The zero-order valence-corrected chi connectivity index (χ0v) is 23.0. The molecule has 0 aliphatic carbocycles. The zero-order chi connectivity index (χ0) is 28.6. The summed E-state index contributed by atoms with van der Waals surface area (Å²) in [5, 5.41) is 33.4. The Morgan fingerprint density at radius 1 is 0.923 bits per heavy atom. The molecule has 0 saturated carbocycles. The number of aromatic hydroxyl groups is 2. The van der Waals surface area contributed by atoms with E-state index >= 15 is 0 Å². The van der Waals surface area contributed by atoms with Crippen molar-refractivity contribution < 1.29 is 28.5 Å². The average molecular weight is 556 g/mol. The molecule has 3 rings (SSSR count). The number of nitrogen functional groups attached to an aromatic ring is 1. The minimum absolute atomic E-state index is 0.00959. The number of phenolic OH excluding ortho intramolecular Hbond substituents is 2. The number of carbonyl (C=O) groups is 1. The molecule has 0 aliphatic rings. The van der Waals surface area contributed by atoms with E-state index in [0.29, 0.717) is 24.1 Å². The number of sulfonamides is 1. The third-order valence-electron chi connectivity index (χ3n) is 6.27. The molecule has 10 heteroatoms. The van der Waals surface area contributed by atoms with Crippen LogP contribution < -0.4 is 11.1 Å². The number of aliphatic hydroxyl groups is 1. The third-order valence-corrected chi connectivity index (χ3v) is 8.11. The van der Waals surface area contributed by atoms with Crippen molar-refractivity contribution >= 4 is 21.6 Å². The van der Waals surface area contributed by atoms with Crippen LogP contribution in [0.3, 0.4) is 0 Å². The van der Waals surface area contributed by atoms with E-state index in [2.05, 4.69) is 5.32 Å². The number of nitrogens with two attached hydrogens (primary N) is 1. The number of aliphatic hydroxyl groups excluding tert-OH is 1. The highest BCUT2D eigenvalue weighted by Crippen LogP contribution is 2.25. The Labute approximate surface area is 230 Å². The predicted molar refractivity (Wildman–Crippen MR) is 151 cm³/mol. The number of phenols is 2. The maximum Gasteiger partial charge on any atom is 0.243 e. The lowest BCUT2D eigenvalue weighted by Gasteiger charge is -2.31. The standard InChI is InChI=1S/C29H37N3O6S/c1-20(2)18-32(39(37,38)24-12-10-23(30)11-13-24)19-28(35)25(16-21-6-4-3-5-7-21)31-29(36)15-9-22-8-14-26(33)27(34)17-22/h3-8,10-14,17,20,25,28,33-35H,9,15-16,18-19,30H2,1-2H3,(H,31,36)/t25-,28+/m0/s1. The zero-order valence-electron chi connectivity index (χ0n) is 22.2. The van der Waals surface area contributed by atoms with Crippen LogP contribution in [0.4, 0.5) is 5.69 Å². The monoisotopic (exact) mass is 555 g/mol. The summed E-state index contributed by atoms with van der Waals surface area (Å²) in [6, 6.07) is 18.8. The summed E-state index contributed by atoms with van der Waals surface area (Å²) in [6.45, 7) is 3.75. The molecule has 1 amide bonds. The van der Waals surface area contributed by atoms with E-state index in [1.807, 2.05) is 44.2 Å². The normalized spacial score (nSPS) is 13.4. The van der Waals surface area contributed by atoms with Gasteiger partial charge in [0.25, 0.3) is 0 Å². The maximum absolute atomic E-state index is 13.5. The van der Waals surface area contributed by atoms with Gasteiger partial charge in [-0.05, 0) is 66.3 Å². The number of carbonyl (C=O) groups excluding carboxylic acids is 1. The minimum atomic E-state index is -3.94. The molecule has 9 nitrogen and oxygen atoms in total. The van der Waals surface area contributed by atoms with E-state index in [1.54, 1.807) is 6.07 Å². The van der Waals surface area contributed by atoms with Crippen LogP contribution in [-0.2, 0) is 27.7 Å². The summed E-state index contributed by atoms with van der Waals surface area (Å²) in [7, 11) is -3.94. The molecular formula is C29H37N3O6S. The molecule has 3 aromatic rings. The van der Waals surface area contributed by atoms with Crippen molar-refractivity contribution in [3.05, 3.63) is 83.9 Å². The molecule has 0 saturated heterocycles. The second-order valence-electron chi connectivity index (χ2n) is 10.0. The van der Waals surface area contributed by atoms with Crippen LogP contribution in [0.2, 0.25) is 0 Å². The summed E-state index contributed by atoms with van der Waals surface area (Å²) < 4.78 is 28.2. The van der Waals surface area contributed by atoms with Gasteiger partial charge in [0.05, 0.1) is 17.0 Å². The van der Waals surface area contributed by atoms with E-state index in [0.717, 1.165) is 5.56 Å². The molecule has 210 valence electrons. The molecule has 0 aromatic heterocycles. The number of benzene rings is 3. The molecule has 0 aliphatic heterocycles. The fraction of sp³-hybridized carbons (Fsp3) is 0.345. The van der Waals surface area contributed by atoms with Gasteiger partial charge >= 0.3 is 0 Å². The van der Waals surface area contributed by atoms with Gasteiger partial charge in [-0.25, -0.2) is 8.42 Å². The summed E-state index contributed by atoms with van der Waals surface area (Å²) >= 11 is 0. The Bertz CT molecular complexity index is 1330. The van der Waals surface area contributed by atoms with Gasteiger partial charge in [-0.15, -0.1) is 0 Å². The van der Waals surface area contributed by atoms with E-state index in [9.17, 15) is 28.5 Å². The Balaban J connectivity index is 1.79. The van der Waals surface area contributed by atoms with Crippen LogP contribution in [0.25, 0.3) is 0 Å². The highest BCUT2D eigenvalue weighted by Gasteiger charge is 2.31. The van der Waals surface area contributed by atoms with Gasteiger partial charge in [-0.1, -0.05) is 50.2 Å². The number of nitrogens with zero attached hydrogens (tertiary/aromatic N) is 1. The van der Waals surface area contributed by atoms with E-state index in [1.165, 1.54) is 40.7 Å². The van der Waals surface area contributed by atoms with Crippen LogP contribution in [0.5, 0.6) is 11.5 Å². The summed E-state index contributed by atoms with van der Waals surface area (Å²) in [4.78, 5) is 13.0. The Hall–Kier alpha value is -3.60. The molecule has 0 unspecified atom stereocenters. The first-order valence-electron chi connectivity index (χ1n) is 12.8. The largest absolute Gasteiger partial charge is 0.504 e. The van der Waals surface area contributed by atoms with Crippen molar-refractivity contribution in [3.63, 3.8) is 0 Å². The third kappa shape index (κ3) is 8.71. The smallest absolute Gasteiger partial charge is 0.243 e. The van der Waals surface area contributed by atoms with Gasteiger partial charge in [-0.2, -0.15) is 4.31 Å². The van der Waals surface area contributed by atoms with Crippen LogP contribution in [-0.4, -0.2) is 59.2 Å². The number of anilines is 1. The summed E-state index contributed by atoms with van der Waals surface area (Å²) in [6.07, 6.45) is -0.528. The van der Waals surface area contributed by atoms with Crippen LogP contribution >= 0.6 is 0 Å². The highest BCUT2D eigenvalue weighted by atomic mass is 32.2. The molecule has 3 aromatic carbocycles. The van der Waals surface area contributed by atoms with Crippen LogP contribution in [0.1, 0.15) is 31.4 Å². The second-order valence-corrected chi connectivity index (χ2v) is 12.0. The lowest BCUT2D eigenvalue weighted by Crippen LogP contribution is -2.51. The topological polar surface area (TPSA) is 153 Å². The van der Waals surface area contributed by atoms with Gasteiger partial charge in [-0.3, -0.25) is 4.79 Å². The molecule has 0 heterocycles. The van der Waals surface area contributed by atoms with Crippen molar-refractivity contribution in [2.24, 2.45) is 5.92 Å². The lowest BCUT2D eigenvalue weighted by atomic mass is 10.00. The SMILES string of the molecule is CC(C)CN(C[C@@H](O)[C@H](Cc1ccccc1)NC(=O)CCc1ccc(O)c(O)c1)S(=O)(=O)c1ccc(N)cc1. The molecule has 2 atom stereocenters. The molecule has 0 spiro atoms. The Morgan fingerprint density at radius 3 is 2.21 bits per heavy atom. The predicted octanol–water partition coefficient (Wildman–Crippen LogP) is 3.05. The number of aryl methyl sites for hydroxylation is 1. The molecule has 0 bridgehead atoms. The van der Waals surface area contributed by atoms with E-state index < -0.39 is 22.2 Å². The first-order chi connectivity index (χ1) is 18.5. The Kier molecular flexibility index (Phi) is 10.3. The highest BCUT2D eigenvalue weighted by molar-refractivity contribution is 7.89. The van der Waals surface area contributed by atoms with Gasteiger partial charge in [0.15, 0.2) is 11.5 Å². The van der Waals surface area contributed by atoms with Gasteiger partial charge in [0.2, 0.25) is 15.9 Å². The van der Waals surface area contributed by atoms with Crippen LogP contribution in [0, 0.1) is 5.92 Å². The van der Waals surface area contributed by atoms with Crippen molar-refractivity contribution in [1.29, 1.82) is 0 Å². The number of amides is 1. The first-order valence-corrected chi connectivity index (χ1v) is 14.3. The fourth-order valence-electron chi connectivity index (χ4n) is 4.22. The average Bonchev–Trinajstić information content (AvgIpc) is 2.89.